The summed E-state index contributed by atoms with van der Waals surface area (Å²) in [4.78, 5) is 16.0. The molecule has 6 nitrogen and oxygen atoms in total. The third-order valence-corrected chi connectivity index (χ3v) is 1.39. The summed E-state index contributed by atoms with van der Waals surface area (Å²) in [6, 6.07) is 0. The summed E-state index contributed by atoms with van der Waals surface area (Å²) in [5.41, 5.74) is 5.26. The normalized spacial score (nSPS) is 10.8. The molecule has 1 rings (SSSR count). The van der Waals surface area contributed by atoms with Crippen LogP contribution in [-0.4, -0.2) is 21.4 Å². The van der Waals surface area contributed by atoms with Gasteiger partial charge in [0.15, 0.2) is 0 Å². The van der Waals surface area contributed by atoms with E-state index in [0.29, 0.717) is 12.4 Å². The van der Waals surface area contributed by atoms with E-state index >= 15 is 0 Å². The van der Waals surface area contributed by atoms with Crippen molar-refractivity contribution in [1.82, 2.24) is 9.97 Å². The van der Waals surface area contributed by atoms with Gasteiger partial charge in [-0.15, -0.1) is 0 Å². The van der Waals surface area contributed by atoms with E-state index in [9.17, 15) is 10.1 Å². The molecule has 1 aromatic heterocycles. The summed E-state index contributed by atoms with van der Waals surface area (Å²) in [6.07, 6.45) is 5.39. The molecule has 0 atom stereocenters. The van der Waals surface area contributed by atoms with E-state index in [0.717, 1.165) is 6.42 Å². The average molecular weight is 182 g/mol. The lowest BCUT2D eigenvalue weighted by atomic mass is 10.4. The minimum atomic E-state index is -0.521. The second-order valence-corrected chi connectivity index (χ2v) is 2.39. The van der Waals surface area contributed by atoms with Crippen molar-refractivity contribution in [3.63, 3.8) is 0 Å². The Morgan fingerprint density at radius 3 is 3.08 bits per heavy atom. The van der Waals surface area contributed by atoms with Crippen LogP contribution in [0.5, 0.6) is 0 Å². The summed E-state index contributed by atoms with van der Waals surface area (Å²) < 4.78 is 0. The first-order valence-corrected chi connectivity index (χ1v) is 3.80. The Labute approximate surface area is 74.6 Å². The fraction of sp³-hybridized carbons (Fsp3) is 0.286. The zero-order valence-electron chi connectivity index (χ0n) is 6.93. The number of hydrogen-bond acceptors (Lipinski definition) is 4. The van der Waals surface area contributed by atoms with Crippen LogP contribution in [0, 0.1) is 10.1 Å². The Morgan fingerprint density at radius 2 is 2.54 bits per heavy atom. The molecule has 0 unspecified atom stereocenters. The Kier molecular flexibility index (Phi) is 3.15. The second-order valence-electron chi connectivity index (χ2n) is 2.39. The lowest BCUT2D eigenvalue weighted by Crippen LogP contribution is -1.95. The molecule has 0 saturated carbocycles. The lowest BCUT2D eigenvalue weighted by molar-refractivity contribution is -0.389. The van der Waals surface area contributed by atoms with Crippen molar-refractivity contribution < 1.29 is 4.92 Å². The molecule has 3 N–H and O–H groups in total. The number of nitro groups is 1. The standard InChI is InChI=1S/C7H10N4O2/c8-4-2-1-3-6-9-5-7(10-6)11(12)13/h1,3,5H,2,4,8H2,(H,9,10). The van der Waals surface area contributed by atoms with E-state index in [1.54, 1.807) is 6.08 Å². The molecule has 0 fully saturated rings. The van der Waals surface area contributed by atoms with Crippen LogP contribution in [0.1, 0.15) is 12.2 Å². The van der Waals surface area contributed by atoms with Crippen molar-refractivity contribution in [3.8, 4) is 0 Å². The maximum atomic E-state index is 10.2. The third-order valence-electron chi connectivity index (χ3n) is 1.39. The van der Waals surface area contributed by atoms with E-state index in [-0.39, 0.29) is 5.82 Å². The van der Waals surface area contributed by atoms with Gasteiger partial charge in [0.25, 0.3) is 0 Å². The molecule has 1 aromatic rings. The van der Waals surface area contributed by atoms with Crippen molar-refractivity contribution >= 4 is 11.9 Å². The van der Waals surface area contributed by atoms with Crippen LogP contribution in [0.3, 0.4) is 0 Å². The van der Waals surface area contributed by atoms with Crippen LogP contribution in [-0.2, 0) is 0 Å². The van der Waals surface area contributed by atoms with Crippen molar-refractivity contribution in [2.45, 2.75) is 6.42 Å². The predicted octanol–water partition coefficient (Wildman–Crippen LogP) is 0.680. The number of aromatic amines is 1. The number of nitrogens with one attached hydrogen (secondary N) is 1. The van der Waals surface area contributed by atoms with Gasteiger partial charge in [-0.3, -0.25) is 0 Å². The molecular weight excluding hydrogens is 172 g/mol. The molecule has 6 heteroatoms. The van der Waals surface area contributed by atoms with Crippen LogP contribution in [0.15, 0.2) is 12.3 Å². The summed E-state index contributed by atoms with van der Waals surface area (Å²) >= 11 is 0. The van der Waals surface area contributed by atoms with Crippen LogP contribution >= 0.6 is 0 Å². The smallest absolute Gasteiger partial charge is 0.340 e. The highest BCUT2D eigenvalue weighted by molar-refractivity contribution is 5.41. The summed E-state index contributed by atoms with van der Waals surface area (Å²) in [7, 11) is 0. The Morgan fingerprint density at radius 1 is 1.77 bits per heavy atom. The zero-order chi connectivity index (χ0) is 9.68. The summed E-state index contributed by atoms with van der Waals surface area (Å²) in [5, 5.41) is 10.2. The Hall–Kier alpha value is -1.69. The number of imidazole rings is 1. The van der Waals surface area contributed by atoms with E-state index in [1.165, 1.54) is 6.20 Å². The van der Waals surface area contributed by atoms with Gasteiger partial charge >= 0.3 is 5.82 Å². The summed E-state index contributed by atoms with van der Waals surface area (Å²) in [6.45, 7) is 0.555. The topological polar surface area (TPSA) is 97.8 Å². The minimum absolute atomic E-state index is 0.104. The highest BCUT2D eigenvalue weighted by Crippen LogP contribution is 2.06. The molecule has 13 heavy (non-hydrogen) atoms. The van der Waals surface area contributed by atoms with Gasteiger partial charge in [-0.25, -0.2) is 9.97 Å². The SMILES string of the molecule is NCCC=Cc1ncc([N+](=O)[O-])[nH]1. The fourth-order valence-electron chi connectivity index (χ4n) is 0.795. The van der Waals surface area contributed by atoms with Crippen molar-refractivity contribution in [2.75, 3.05) is 6.54 Å². The number of H-pyrrole nitrogens is 1. The van der Waals surface area contributed by atoms with Gasteiger partial charge in [-0.2, -0.15) is 0 Å². The molecule has 0 aliphatic heterocycles. The van der Waals surface area contributed by atoms with Crippen LogP contribution in [0.25, 0.3) is 6.08 Å². The molecule has 0 radical (unpaired) electrons. The van der Waals surface area contributed by atoms with Gasteiger partial charge in [-0.1, -0.05) is 6.08 Å². The Balaban J connectivity index is 2.64. The van der Waals surface area contributed by atoms with Gasteiger partial charge < -0.3 is 15.8 Å². The molecular formula is C7H10N4O2. The molecule has 70 valence electrons. The van der Waals surface area contributed by atoms with Crippen molar-refractivity contribution in [2.24, 2.45) is 5.73 Å². The van der Waals surface area contributed by atoms with E-state index < -0.39 is 4.92 Å². The van der Waals surface area contributed by atoms with Gasteiger partial charge in [0.1, 0.15) is 6.20 Å². The van der Waals surface area contributed by atoms with Gasteiger partial charge in [-0.05, 0) is 17.9 Å². The first-order valence-electron chi connectivity index (χ1n) is 3.80. The minimum Gasteiger partial charge on any atom is -0.358 e. The van der Waals surface area contributed by atoms with Crippen molar-refractivity contribution in [1.29, 1.82) is 0 Å². The second kappa shape index (κ2) is 4.36. The van der Waals surface area contributed by atoms with Gasteiger partial charge in [0, 0.05) is 6.08 Å². The number of hydrogen-bond donors (Lipinski definition) is 2. The van der Waals surface area contributed by atoms with E-state index in [1.807, 2.05) is 6.08 Å². The Bertz CT molecular complexity index is 318. The fourth-order valence-corrected chi connectivity index (χ4v) is 0.795. The van der Waals surface area contributed by atoms with E-state index in [2.05, 4.69) is 9.97 Å². The molecule has 0 amide bonds. The van der Waals surface area contributed by atoms with Crippen LogP contribution in [0.2, 0.25) is 0 Å². The largest absolute Gasteiger partial charge is 0.358 e. The summed E-state index contributed by atoms with van der Waals surface area (Å²) in [5.74, 6) is 0.368. The van der Waals surface area contributed by atoms with Gasteiger partial charge in [0.05, 0.1) is 0 Å². The van der Waals surface area contributed by atoms with E-state index in [4.69, 9.17) is 5.73 Å². The first-order chi connectivity index (χ1) is 6.24. The lowest BCUT2D eigenvalue weighted by Gasteiger charge is -1.85. The molecule has 0 aliphatic rings. The zero-order valence-corrected chi connectivity index (χ0v) is 6.93. The maximum Gasteiger partial charge on any atom is 0.340 e. The van der Waals surface area contributed by atoms with Gasteiger partial charge in [0.2, 0.25) is 5.82 Å². The quantitative estimate of drug-likeness (QED) is 0.528. The molecule has 0 aromatic carbocycles. The molecule has 1 heterocycles. The molecule has 0 bridgehead atoms. The number of nitrogens with two attached hydrogens (primary N) is 1. The molecule has 0 aliphatic carbocycles. The predicted molar refractivity (Wildman–Crippen MR) is 47.9 cm³/mol. The number of rotatable bonds is 4. The van der Waals surface area contributed by atoms with Crippen LogP contribution in [0.4, 0.5) is 5.82 Å². The first kappa shape index (κ1) is 9.40. The molecule has 0 saturated heterocycles. The van der Waals surface area contributed by atoms with Crippen molar-refractivity contribution in [3.05, 3.63) is 28.2 Å². The highest BCUT2D eigenvalue weighted by Gasteiger charge is 2.06. The number of nitrogens with zero attached hydrogens (tertiary/aromatic N) is 2. The molecule has 0 spiro atoms. The third kappa shape index (κ3) is 2.68. The monoisotopic (exact) mass is 182 g/mol. The maximum absolute atomic E-state index is 10.2. The highest BCUT2D eigenvalue weighted by atomic mass is 16.6. The van der Waals surface area contributed by atoms with Crippen LogP contribution < -0.4 is 5.73 Å². The average Bonchev–Trinajstić information content (AvgIpc) is 2.53. The number of aromatic nitrogens is 2.